The second-order valence-corrected chi connectivity index (χ2v) is 6.61. The molecule has 0 aliphatic rings. The summed E-state index contributed by atoms with van der Waals surface area (Å²) in [5, 5.41) is 11.8. The predicted molar refractivity (Wildman–Crippen MR) is 87.4 cm³/mol. The maximum absolute atomic E-state index is 12.6. The number of aryl methyl sites for hydroxylation is 1. The standard InChI is InChI=1S/C16H12N2O5S/c1-11-7-8-14(13(10-11)18(19)20)23-24(21,22)15-6-2-4-12-5-3-9-17-16(12)15/h2-10H,1H3. The zero-order chi connectivity index (χ0) is 17.3. The third-order valence-electron chi connectivity index (χ3n) is 3.38. The summed E-state index contributed by atoms with van der Waals surface area (Å²) in [4.78, 5) is 14.4. The minimum absolute atomic E-state index is 0.143. The Hall–Kier alpha value is -3.00. The summed E-state index contributed by atoms with van der Waals surface area (Å²) in [6, 6.07) is 12.1. The van der Waals surface area contributed by atoms with E-state index in [-0.39, 0.29) is 16.2 Å². The molecule has 7 nitrogen and oxygen atoms in total. The van der Waals surface area contributed by atoms with Crippen LogP contribution in [-0.2, 0) is 10.1 Å². The number of pyridine rings is 1. The van der Waals surface area contributed by atoms with E-state index in [1.807, 2.05) is 0 Å². The highest BCUT2D eigenvalue weighted by atomic mass is 32.2. The number of nitrogens with zero attached hydrogens (tertiary/aromatic N) is 2. The monoisotopic (exact) mass is 344 g/mol. The molecule has 0 N–H and O–H groups in total. The quantitative estimate of drug-likeness (QED) is 0.409. The first kappa shape index (κ1) is 15.9. The van der Waals surface area contributed by atoms with Crippen molar-refractivity contribution in [3.8, 4) is 5.75 Å². The second kappa shape index (κ2) is 5.89. The Balaban J connectivity index is 2.11. The number of fused-ring (bicyclic) bond motifs is 1. The largest absolute Gasteiger partial charge is 0.372 e. The van der Waals surface area contributed by atoms with E-state index in [0.29, 0.717) is 10.9 Å². The lowest BCUT2D eigenvalue weighted by atomic mass is 10.2. The average Bonchev–Trinajstić information content (AvgIpc) is 2.55. The van der Waals surface area contributed by atoms with Gasteiger partial charge in [0.25, 0.3) is 0 Å². The number of hydrogen-bond acceptors (Lipinski definition) is 6. The maximum atomic E-state index is 12.6. The number of aromatic nitrogens is 1. The number of para-hydroxylation sites is 1. The van der Waals surface area contributed by atoms with Crippen molar-refractivity contribution >= 4 is 26.7 Å². The molecule has 0 fully saturated rings. The molecule has 1 aromatic heterocycles. The number of nitro benzene ring substituents is 1. The molecule has 2 aromatic carbocycles. The third-order valence-corrected chi connectivity index (χ3v) is 4.64. The normalized spacial score (nSPS) is 11.4. The molecule has 3 rings (SSSR count). The lowest BCUT2D eigenvalue weighted by molar-refractivity contribution is -0.385. The van der Waals surface area contributed by atoms with Crippen LogP contribution in [0.2, 0.25) is 0 Å². The van der Waals surface area contributed by atoms with Gasteiger partial charge in [-0.2, -0.15) is 8.42 Å². The molecular weight excluding hydrogens is 332 g/mol. The van der Waals surface area contributed by atoms with Crippen LogP contribution in [0.15, 0.2) is 59.6 Å². The van der Waals surface area contributed by atoms with Gasteiger partial charge in [0, 0.05) is 17.6 Å². The molecule has 0 aliphatic heterocycles. The highest BCUT2D eigenvalue weighted by molar-refractivity contribution is 7.87. The van der Waals surface area contributed by atoms with Crippen LogP contribution >= 0.6 is 0 Å². The van der Waals surface area contributed by atoms with E-state index in [2.05, 4.69) is 4.98 Å². The maximum Gasteiger partial charge on any atom is 0.341 e. The lowest BCUT2D eigenvalue weighted by Gasteiger charge is -2.09. The Morgan fingerprint density at radius 2 is 1.88 bits per heavy atom. The van der Waals surface area contributed by atoms with E-state index >= 15 is 0 Å². The molecule has 1 heterocycles. The Morgan fingerprint density at radius 1 is 1.12 bits per heavy atom. The summed E-state index contributed by atoms with van der Waals surface area (Å²) in [5.74, 6) is -0.335. The molecule has 0 bridgehead atoms. The van der Waals surface area contributed by atoms with Gasteiger partial charge in [-0.3, -0.25) is 15.1 Å². The molecule has 0 saturated heterocycles. The van der Waals surface area contributed by atoms with Gasteiger partial charge in [0.15, 0.2) is 0 Å². The van der Waals surface area contributed by atoms with Gasteiger partial charge in [-0.15, -0.1) is 0 Å². The first-order chi connectivity index (χ1) is 11.4. The van der Waals surface area contributed by atoms with Crippen molar-refractivity contribution in [2.24, 2.45) is 0 Å². The number of benzene rings is 2. The van der Waals surface area contributed by atoms with Gasteiger partial charge in [0.2, 0.25) is 5.75 Å². The molecule has 0 unspecified atom stereocenters. The minimum atomic E-state index is -4.28. The number of rotatable bonds is 4. The molecule has 0 radical (unpaired) electrons. The van der Waals surface area contributed by atoms with Gasteiger partial charge in [0.05, 0.1) is 10.4 Å². The van der Waals surface area contributed by atoms with Crippen LogP contribution in [0.25, 0.3) is 10.9 Å². The average molecular weight is 344 g/mol. The SMILES string of the molecule is Cc1ccc(OS(=O)(=O)c2cccc3cccnc23)c([N+](=O)[O-])c1. The van der Waals surface area contributed by atoms with Crippen LogP contribution in [-0.4, -0.2) is 18.3 Å². The smallest absolute Gasteiger partial charge is 0.341 e. The fourth-order valence-electron chi connectivity index (χ4n) is 2.28. The third kappa shape index (κ3) is 2.91. The van der Waals surface area contributed by atoms with Crippen molar-refractivity contribution in [3.63, 3.8) is 0 Å². The molecule has 0 aliphatic carbocycles. The number of hydrogen-bond donors (Lipinski definition) is 0. The molecule has 0 saturated carbocycles. The molecule has 8 heteroatoms. The van der Waals surface area contributed by atoms with E-state index < -0.39 is 20.7 Å². The van der Waals surface area contributed by atoms with Crippen molar-refractivity contribution in [1.29, 1.82) is 0 Å². The van der Waals surface area contributed by atoms with E-state index in [4.69, 9.17) is 4.18 Å². The topological polar surface area (TPSA) is 99.4 Å². The van der Waals surface area contributed by atoms with Crippen molar-refractivity contribution < 1.29 is 17.5 Å². The van der Waals surface area contributed by atoms with Gasteiger partial charge in [0.1, 0.15) is 4.90 Å². The van der Waals surface area contributed by atoms with Crippen LogP contribution in [0.5, 0.6) is 5.75 Å². The molecule has 0 atom stereocenters. The van der Waals surface area contributed by atoms with Crippen LogP contribution in [0, 0.1) is 17.0 Å². The molecular formula is C16H12N2O5S. The minimum Gasteiger partial charge on any atom is -0.372 e. The van der Waals surface area contributed by atoms with Gasteiger partial charge >= 0.3 is 15.8 Å². The van der Waals surface area contributed by atoms with Crippen LogP contribution in [0.3, 0.4) is 0 Å². The predicted octanol–water partition coefficient (Wildman–Crippen LogP) is 3.22. The van der Waals surface area contributed by atoms with Gasteiger partial charge in [-0.05, 0) is 30.7 Å². The van der Waals surface area contributed by atoms with Crippen LogP contribution < -0.4 is 4.18 Å². The first-order valence-electron chi connectivity index (χ1n) is 6.92. The van der Waals surface area contributed by atoms with Crippen LogP contribution in [0.4, 0.5) is 5.69 Å². The van der Waals surface area contributed by atoms with Crippen molar-refractivity contribution in [3.05, 3.63) is 70.4 Å². The van der Waals surface area contributed by atoms with Crippen molar-refractivity contribution in [2.75, 3.05) is 0 Å². The van der Waals surface area contributed by atoms with Gasteiger partial charge < -0.3 is 4.18 Å². The molecule has 0 spiro atoms. The van der Waals surface area contributed by atoms with Crippen molar-refractivity contribution in [1.82, 2.24) is 4.98 Å². The molecule has 122 valence electrons. The molecule has 3 aromatic rings. The zero-order valence-electron chi connectivity index (χ0n) is 12.5. The zero-order valence-corrected chi connectivity index (χ0v) is 13.4. The second-order valence-electron chi connectivity index (χ2n) is 5.10. The highest BCUT2D eigenvalue weighted by Crippen LogP contribution is 2.31. The molecule has 0 amide bonds. The number of nitro groups is 1. The Morgan fingerprint density at radius 3 is 2.62 bits per heavy atom. The Bertz CT molecular complexity index is 1040. The summed E-state index contributed by atoms with van der Waals surface area (Å²) in [7, 11) is -4.28. The summed E-state index contributed by atoms with van der Waals surface area (Å²) >= 11 is 0. The summed E-state index contributed by atoms with van der Waals surface area (Å²) in [6.07, 6.45) is 1.47. The van der Waals surface area contributed by atoms with Crippen molar-refractivity contribution in [2.45, 2.75) is 11.8 Å². The molecule has 24 heavy (non-hydrogen) atoms. The van der Waals surface area contributed by atoms with E-state index in [9.17, 15) is 18.5 Å². The van der Waals surface area contributed by atoms with E-state index in [1.165, 1.54) is 24.4 Å². The fraction of sp³-hybridized carbons (Fsp3) is 0.0625. The summed E-state index contributed by atoms with van der Waals surface area (Å²) < 4.78 is 30.2. The Labute approximate surface area is 137 Å². The lowest BCUT2D eigenvalue weighted by Crippen LogP contribution is -2.12. The Kier molecular flexibility index (Phi) is 3.90. The first-order valence-corrected chi connectivity index (χ1v) is 8.32. The van der Waals surface area contributed by atoms with Gasteiger partial charge in [-0.25, -0.2) is 0 Å². The van der Waals surface area contributed by atoms with Crippen LogP contribution in [0.1, 0.15) is 5.56 Å². The van der Waals surface area contributed by atoms with E-state index in [0.717, 1.165) is 0 Å². The van der Waals surface area contributed by atoms with Gasteiger partial charge in [-0.1, -0.05) is 24.3 Å². The highest BCUT2D eigenvalue weighted by Gasteiger charge is 2.25. The summed E-state index contributed by atoms with van der Waals surface area (Å²) in [6.45, 7) is 1.67. The fourth-order valence-corrected chi connectivity index (χ4v) is 3.40. The summed E-state index contributed by atoms with van der Waals surface area (Å²) in [5.41, 5.74) is 0.458. The van der Waals surface area contributed by atoms with E-state index in [1.54, 1.807) is 37.3 Å².